The first-order valence-corrected chi connectivity index (χ1v) is 14.4. The molecule has 3 N–H and O–H groups in total. The number of aromatic amines is 1. The molecular weight excluding hydrogens is 568 g/mol. The molecule has 5 atom stereocenters. The molecule has 0 spiro atoms. The molecule has 1 aromatic carbocycles. The number of halogens is 2. The summed E-state index contributed by atoms with van der Waals surface area (Å²) in [7, 11) is -4.15. The monoisotopic (exact) mass is 595 g/mol. The van der Waals surface area contributed by atoms with Gasteiger partial charge in [-0.05, 0) is 23.8 Å². The van der Waals surface area contributed by atoms with E-state index in [9.17, 15) is 18.5 Å². The van der Waals surface area contributed by atoms with Gasteiger partial charge in [-0.2, -0.15) is 4.98 Å². The average Bonchev–Trinajstić information content (AvgIpc) is 3.44. The third-order valence-electron chi connectivity index (χ3n) is 6.94. The highest BCUT2D eigenvalue weighted by atomic mass is 35.5. The molecule has 2 aromatic heterocycles. The molecule has 214 valence electrons. The van der Waals surface area contributed by atoms with Crippen LogP contribution in [-0.2, 0) is 27.7 Å². The van der Waals surface area contributed by atoms with Crippen LogP contribution < -0.4 is 11.3 Å². The van der Waals surface area contributed by atoms with Crippen molar-refractivity contribution in [2.75, 3.05) is 18.9 Å². The van der Waals surface area contributed by atoms with Crippen molar-refractivity contribution in [3.63, 3.8) is 0 Å². The number of carbonyl (C=O) groups excluding carboxylic acids is 1. The van der Waals surface area contributed by atoms with E-state index < -0.39 is 55.3 Å². The Morgan fingerprint density at radius 2 is 2.20 bits per heavy atom. The van der Waals surface area contributed by atoms with Crippen molar-refractivity contribution in [3.8, 4) is 0 Å². The Hall–Kier alpha value is -3.09. The van der Waals surface area contributed by atoms with Crippen LogP contribution in [0.2, 0.25) is 5.02 Å². The summed E-state index contributed by atoms with van der Waals surface area (Å²) in [5, 5.41) is 0.301. The van der Waals surface area contributed by atoms with Gasteiger partial charge in [-0.15, -0.1) is 0 Å². The van der Waals surface area contributed by atoms with Crippen LogP contribution in [0, 0.1) is 17.7 Å². The maximum Gasteiger partial charge on any atom is 0.475 e. The van der Waals surface area contributed by atoms with Gasteiger partial charge in [0.05, 0.1) is 37.6 Å². The molecule has 1 saturated heterocycles. The number of fused-ring (bicyclic) bond motifs is 1. The van der Waals surface area contributed by atoms with Gasteiger partial charge in [-0.25, -0.2) is 13.9 Å². The normalized spacial score (nSPS) is 27.0. The van der Waals surface area contributed by atoms with Crippen molar-refractivity contribution in [1.29, 1.82) is 0 Å². The van der Waals surface area contributed by atoms with Gasteiger partial charge < -0.3 is 15.0 Å². The van der Waals surface area contributed by atoms with E-state index in [-0.39, 0.29) is 48.7 Å². The number of benzene rings is 1. The summed E-state index contributed by atoms with van der Waals surface area (Å²) in [6.07, 6.45) is 0.307. The third kappa shape index (κ3) is 5.57. The van der Waals surface area contributed by atoms with Crippen LogP contribution in [0.5, 0.6) is 0 Å². The van der Waals surface area contributed by atoms with Crippen LogP contribution in [0.25, 0.3) is 11.2 Å². The fraction of sp³-hybridized carbons (Fsp3) is 0.440. The number of ether oxygens (including phenoxy) is 1. The van der Waals surface area contributed by atoms with Crippen molar-refractivity contribution in [1.82, 2.24) is 19.5 Å². The Kier molecular flexibility index (Phi) is 7.86. The Morgan fingerprint density at radius 1 is 1.43 bits per heavy atom. The van der Waals surface area contributed by atoms with E-state index in [1.54, 1.807) is 18.4 Å². The molecule has 0 bridgehead atoms. The molecule has 5 rings (SSSR count). The van der Waals surface area contributed by atoms with Crippen molar-refractivity contribution >= 4 is 42.5 Å². The molecule has 1 saturated carbocycles. The maximum atomic E-state index is 14.5. The topological polar surface area (TPSA) is 161 Å². The molecule has 2 fully saturated rings. The number of hydrogen-bond acceptors (Lipinski definition) is 10. The lowest BCUT2D eigenvalue weighted by Gasteiger charge is -2.30. The van der Waals surface area contributed by atoms with E-state index in [0.29, 0.717) is 10.6 Å². The highest BCUT2D eigenvalue weighted by molar-refractivity contribution is 7.48. The molecule has 3 aromatic rings. The quantitative estimate of drug-likeness (QED) is 0.226. The van der Waals surface area contributed by atoms with Crippen molar-refractivity contribution in [3.05, 3.63) is 63.4 Å². The summed E-state index contributed by atoms with van der Waals surface area (Å²) in [5.41, 5.74) is 6.27. The summed E-state index contributed by atoms with van der Waals surface area (Å²) in [6, 6.07) is 3.51. The van der Waals surface area contributed by atoms with Gasteiger partial charge in [0.1, 0.15) is 11.9 Å². The van der Waals surface area contributed by atoms with Crippen LogP contribution in [0.4, 0.5) is 10.3 Å². The molecule has 0 amide bonds. The van der Waals surface area contributed by atoms with E-state index in [4.69, 9.17) is 35.6 Å². The molecule has 40 heavy (non-hydrogen) atoms. The van der Waals surface area contributed by atoms with Gasteiger partial charge in [-0.3, -0.25) is 28.1 Å². The van der Waals surface area contributed by atoms with Crippen LogP contribution in [-0.4, -0.2) is 44.8 Å². The van der Waals surface area contributed by atoms with Crippen LogP contribution in [0.15, 0.2) is 41.5 Å². The zero-order chi connectivity index (χ0) is 28.8. The molecule has 12 nitrogen and oxygen atoms in total. The lowest BCUT2D eigenvalue weighted by atomic mass is 10.0. The summed E-state index contributed by atoms with van der Waals surface area (Å²) in [6.45, 7) is 7.36. The maximum absolute atomic E-state index is 14.5. The molecule has 1 unspecified atom stereocenters. The van der Waals surface area contributed by atoms with E-state index in [1.807, 2.05) is 0 Å². The molecule has 3 heterocycles. The van der Waals surface area contributed by atoms with Crippen molar-refractivity contribution < 1.29 is 32.1 Å². The summed E-state index contributed by atoms with van der Waals surface area (Å²) in [5.74, 6) is -2.12. The molecular formula is C25H28ClFN5O7P. The lowest BCUT2D eigenvalue weighted by molar-refractivity contribution is -0.154. The summed E-state index contributed by atoms with van der Waals surface area (Å²) >= 11 is 6.02. The third-order valence-corrected chi connectivity index (χ3v) is 8.65. The van der Waals surface area contributed by atoms with E-state index >= 15 is 0 Å². The number of phosphoric ester groups is 1. The van der Waals surface area contributed by atoms with Gasteiger partial charge in [0.2, 0.25) is 5.95 Å². The fourth-order valence-electron chi connectivity index (χ4n) is 4.84. The fourth-order valence-corrected chi connectivity index (χ4v) is 6.42. The largest absolute Gasteiger partial charge is 0.475 e. The second-order valence-corrected chi connectivity index (χ2v) is 12.0. The Bertz CT molecular complexity index is 1580. The highest BCUT2D eigenvalue weighted by Crippen LogP contribution is 2.58. The zero-order valence-corrected chi connectivity index (χ0v) is 23.4. The number of esters is 1. The summed E-state index contributed by atoms with van der Waals surface area (Å²) < 4.78 is 52.0. The Labute approximate surface area is 233 Å². The SMILES string of the molecule is C=C1[C@H](COP2(=O)OCC[C@H](c3cc(Cl)ccc3F)O2)[C@@H](OC(=O)C(C)C)C[C@@H]1n1cnc2c(=O)[nH]c(N)nc21. The molecule has 1 aliphatic carbocycles. The highest BCUT2D eigenvalue weighted by Gasteiger charge is 2.45. The standard InChI is InChI=1S/C25H28ClFN5O7P/c1-12(2)24(34)38-20-9-18(32-11-29-21-22(32)30-25(28)31-23(21)33)13(3)16(20)10-37-40(35)36-7-6-19(39-40)15-8-14(26)4-5-17(15)27/h4-5,8,11-12,16,18-20H,3,6-7,9-10H2,1-2H3,(H3,28,30,31,33)/t16-,18-,19+,20-,40?/m0/s1. The molecule has 0 radical (unpaired) electrons. The number of phosphoric acid groups is 1. The number of nitrogen functional groups attached to an aromatic ring is 1. The van der Waals surface area contributed by atoms with Gasteiger partial charge in [-0.1, -0.05) is 32.0 Å². The molecule has 1 aliphatic heterocycles. The molecule has 15 heteroatoms. The molecule has 2 aliphatic rings. The average molecular weight is 596 g/mol. The van der Waals surface area contributed by atoms with Crippen molar-refractivity contribution in [2.45, 2.75) is 44.9 Å². The number of hydrogen-bond donors (Lipinski definition) is 2. The van der Waals surface area contributed by atoms with Crippen LogP contribution in [0.1, 0.15) is 44.4 Å². The van der Waals surface area contributed by atoms with Gasteiger partial charge in [0, 0.05) is 29.3 Å². The predicted molar refractivity (Wildman–Crippen MR) is 143 cm³/mol. The van der Waals surface area contributed by atoms with E-state index in [1.165, 1.54) is 24.5 Å². The smallest absolute Gasteiger partial charge is 0.461 e. The summed E-state index contributed by atoms with van der Waals surface area (Å²) in [4.78, 5) is 35.6. The number of anilines is 1. The van der Waals surface area contributed by atoms with Gasteiger partial charge in [0.25, 0.3) is 5.56 Å². The minimum atomic E-state index is -4.15. The Balaban J connectivity index is 1.39. The number of aromatic nitrogens is 4. The number of nitrogens with one attached hydrogen (secondary N) is 1. The zero-order valence-electron chi connectivity index (χ0n) is 21.7. The first kappa shape index (κ1) is 28.4. The van der Waals surface area contributed by atoms with Crippen molar-refractivity contribution in [2.24, 2.45) is 11.8 Å². The van der Waals surface area contributed by atoms with Crippen LogP contribution >= 0.6 is 19.4 Å². The first-order valence-electron chi connectivity index (χ1n) is 12.6. The predicted octanol–water partition coefficient (Wildman–Crippen LogP) is 4.48. The number of H-pyrrole nitrogens is 1. The second kappa shape index (κ2) is 11.1. The van der Waals surface area contributed by atoms with Gasteiger partial charge >= 0.3 is 13.8 Å². The Morgan fingerprint density at radius 3 is 2.95 bits per heavy atom. The van der Waals surface area contributed by atoms with Crippen LogP contribution in [0.3, 0.4) is 0 Å². The minimum Gasteiger partial charge on any atom is -0.461 e. The number of nitrogens with two attached hydrogens (primary N) is 1. The first-order chi connectivity index (χ1) is 19.0. The van der Waals surface area contributed by atoms with E-state index in [0.717, 1.165) is 0 Å². The minimum absolute atomic E-state index is 0.00341. The number of nitrogens with zero attached hydrogens (tertiary/aromatic N) is 3. The lowest BCUT2D eigenvalue weighted by Crippen LogP contribution is -2.28. The van der Waals surface area contributed by atoms with Gasteiger partial charge in [0.15, 0.2) is 11.2 Å². The van der Waals surface area contributed by atoms with E-state index in [2.05, 4.69) is 21.5 Å². The number of carbonyl (C=O) groups is 1. The number of rotatable bonds is 7. The number of imidazole rings is 1. The second-order valence-electron chi connectivity index (χ2n) is 9.96.